The molecule has 0 aliphatic heterocycles. The van der Waals surface area contributed by atoms with Crippen LogP contribution in [0.5, 0.6) is 0 Å². The maximum atomic E-state index is 5.35. The van der Waals surface area contributed by atoms with Crippen LogP contribution >= 0.6 is 0 Å². The molecule has 15 heavy (non-hydrogen) atoms. The van der Waals surface area contributed by atoms with Gasteiger partial charge in [-0.25, -0.2) is 0 Å². The summed E-state index contributed by atoms with van der Waals surface area (Å²) in [6, 6.07) is 0. The molecular weight excluding hydrogens is 188 g/mol. The zero-order valence-electron chi connectivity index (χ0n) is 11.3. The largest absolute Gasteiger partial charge is 0.492 e. The van der Waals surface area contributed by atoms with E-state index in [2.05, 4.69) is 47.3 Å². The van der Waals surface area contributed by atoms with E-state index < -0.39 is 0 Å². The molecule has 0 spiro atoms. The van der Waals surface area contributed by atoms with E-state index in [9.17, 15) is 0 Å². The zero-order valence-corrected chi connectivity index (χ0v) is 11.3. The predicted octanol–water partition coefficient (Wildman–Crippen LogP) is 3.74. The fourth-order valence-corrected chi connectivity index (χ4v) is 1.19. The highest BCUT2D eigenvalue weighted by Gasteiger charge is 2.22. The molecule has 0 aliphatic carbocycles. The highest BCUT2D eigenvalue weighted by molar-refractivity contribution is 5.10. The fraction of sp³-hybridized carbons (Fsp3) is 0.769. The van der Waals surface area contributed by atoms with E-state index >= 15 is 0 Å². The molecule has 88 valence electrons. The van der Waals surface area contributed by atoms with Crippen LogP contribution in [0.2, 0.25) is 0 Å². The molecule has 0 atom stereocenters. The lowest BCUT2D eigenvalue weighted by Crippen LogP contribution is -2.14. The van der Waals surface area contributed by atoms with Gasteiger partial charge in [0.05, 0.1) is 14.2 Å². The van der Waals surface area contributed by atoms with Gasteiger partial charge in [0.15, 0.2) is 0 Å². The minimum Gasteiger partial charge on any atom is -0.492 e. The molecule has 0 rings (SSSR count). The maximum absolute atomic E-state index is 5.35. The van der Waals surface area contributed by atoms with E-state index in [4.69, 9.17) is 9.47 Å². The predicted molar refractivity (Wildman–Crippen MR) is 63.5 cm³/mol. The van der Waals surface area contributed by atoms with E-state index in [-0.39, 0.29) is 10.8 Å². The summed E-state index contributed by atoms with van der Waals surface area (Å²) < 4.78 is 10.7. The van der Waals surface area contributed by atoms with Crippen molar-refractivity contribution in [3.63, 3.8) is 0 Å². The van der Waals surface area contributed by atoms with Crippen LogP contribution in [-0.2, 0) is 9.47 Å². The van der Waals surface area contributed by atoms with Crippen LogP contribution in [0.1, 0.15) is 41.5 Å². The summed E-state index contributed by atoms with van der Waals surface area (Å²) in [6.45, 7) is 12.6. The molecule has 0 aromatic heterocycles. The Labute approximate surface area is 94.0 Å². The van der Waals surface area contributed by atoms with Crippen LogP contribution in [0.25, 0.3) is 0 Å². The lowest BCUT2D eigenvalue weighted by atomic mass is 9.90. The Kier molecular flexibility index (Phi) is 4.48. The van der Waals surface area contributed by atoms with E-state index in [1.165, 1.54) is 0 Å². The first-order valence-electron chi connectivity index (χ1n) is 5.22. The van der Waals surface area contributed by atoms with Crippen molar-refractivity contribution < 1.29 is 9.47 Å². The second kappa shape index (κ2) is 4.76. The summed E-state index contributed by atoms with van der Waals surface area (Å²) >= 11 is 0. The van der Waals surface area contributed by atoms with Crippen LogP contribution < -0.4 is 0 Å². The summed E-state index contributed by atoms with van der Waals surface area (Å²) in [5.41, 5.74) is 3.12. The van der Waals surface area contributed by atoms with Crippen molar-refractivity contribution in [2.45, 2.75) is 41.5 Å². The molecule has 0 fully saturated rings. The second-order valence-corrected chi connectivity index (χ2v) is 5.69. The Hall–Kier alpha value is -0.880. The molecule has 0 N–H and O–H groups in total. The van der Waals surface area contributed by atoms with E-state index in [1.807, 2.05) is 0 Å². The molecule has 0 aromatic carbocycles. The van der Waals surface area contributed by atoms with Crippen molar-refractivity contribution in [1.82, 2.24) is 0 Å². The molecular formula is C13H24O2. The summed E-state index contributed by atoms with van der Waals surface area (Å²) in [5.74, 6) is 1.63. The van der Waals surface area contributed by atoms with Gasteiger partial charge in [-0.15, -0.1) is 0 Å². The van der Waals surface area contributed by atoms with Crippen molar-refractivity contribution in [2.24, 2.45) is 10.8 Å². The summed E-state index contributed by atoms with van der Waals surface area (Å²) in [7, 11) is 3.34. The lowest BCUT2D eigenvalue weighted by molar-refractivity contribution is 0.189. The lowest BCUT2D eigenvalue weighted by Gasteiger charge is -2.22. The summed E-state index contributed by atoms with van der Waals surface area (Å²) in [4.78, 5) is 0. The number of ether oxygens (including phenoxy) is 2. The van der Waals surface area contributed by atoms with E-state index in [0.29, 0.717) is 0 Å². The average Bonchev–Trinajstić information content (AvgIpc) is 2.01. The third-order valence-corrected chi connectivity index (χ3v) is 2.00. The standard InChI is InChI=1S/C13H24O2/c1-12(2,3)10(14-7)9-11(15-8)13(4,5)6/h1-8H3. The molecule has 2 heteroatoms. The minimum absolute atomic E-state index is 0.0518. The number of hydrogen-bond acceptors (Lipinski definition) is 2. The van der Waals surface area contributed by atoms with Gasteiger partial charge in [0, 0.05) is 10.8 Å². The van der Waals surface area contributed by atoms with Crippen molar-refractivity contribution in [3.8, 4) is 0 Å². The first-order valence-corrected chi connectivity index (χ1v) is 5.22. The van der Waals surface area contributed by atoms with Gasteiger partial charge in [-0.05, 0) is 5.73 Å². The Bertz CT molecular complexity index is 242. The maximum Gasteiger partial charge on any atom is 0.146 e. The Morgan fingerprint density at radius 1 is 0.733 bits per heavy atom. The third-order valence-electron chi connectivity index (χ3n) is 2.00. The Morgan fingerprint density at radius 2 is 1.00 bits per heavy atom. The van der Waals surface area contributed by atoms with Crippen molar-refractivity contribution >= 4 is 0 Å². The minimum atomic E-state index is -0.0518. The quantitative estimate of drug-likeness (QED) is 0.513. The molecule has 0 bridgehead atoms. The fourth-order valence-electron chi connectivity index (χ4n) is 1.19. The molecule has 0 saturated heterocycles. The molecule has 0 aromatic rings. The first kappa shape index (κ1) is 14.1. The van der Waals surface area contributed by atoms with Gasteiger partial charge in [-0.3, -0.25) is 0 Å². The summed E-state index contributed by atoms with van der Waals surface area (Å²) in [6.07, 6.45) is 0. The molecule has 2 nitrogen and oxygen atoms in total. The van der Waals surface area contributed by atoms with Crippen molar-refractivity contribution in [1.29, 1.82) is 0 Å². The third kappa shape index (κ3) is 4.44. The molecule has 0 radical (unpaired) electrons. The Morgan fingerprint density at radius 3 is 1.13 bits per heavy atom. The average molecular weight is 212 g/mol. The van der Waals surface area contributed by atoms with Crippen LogP contribution in [-0.4, -0.2) is 14.2 Å². The van der Waals surface area contributed by atoms with Crippen LogP contribution in [0.15, 0.2) is 17.2 Å². The van der Waals surface area contributed by atoms with Gasteiger partial charge in [0.25, 0.3) is 0 Å². The number of hydrogen-bond donors (Lipinski definition) is 0. The first-order chi connectivity index (χ1) is 6.62. The van der Waals surface area contributed by atoms with Crippen LogP contribution in [0.4, 0.5) is 0 Å². The van der Waals surface area contributed by atoms with E-state index in [1.54, 1.807) is 14.2 Å². The van der Waals surface area contributed by atoms with Crippen molar-refractivity contribution in [2.75, 3.05) is 14.2 Å². The van der Waals surface area contributed by atoms with Gasteiger partial charge in [-0.1, -0.05) is 41.5 Å². The highest BCUT2D eigenvalue weighted by Crippen LogP contribution is 2.29. The smallest absolute Gasteiger partial charge is 0.146 e. The van der Waals surface area contributed by atoms with Gasteiger partial charge in [0.1, 0.15) is 11.5 Å². The van der Waals surface area contributed by atoms with Gasteiger partial charge < -0.3 is 9.47 Å². The van der Waals surface area contributed by atoms with Gasteiger partial charge >= 0.3 is 0 Å². The number of allylic oxidation sites excluding steroid dienone is 1. The Balaban J connectivity index is 5.50. The molecule has 0 aliphatic rings. The monoisotopic (exact) mass is 212 g/mol. The SMILES string of the molecule is COC(=C=C(OC)C(C)(C)C)C(C)(C)C. The van der Waals surface area contributed by atoms with Crippen LogP contribution in [0.3, 0.4) is 0 Å². The van der Waals surface area contributed by atoms with Crippen LogP contribution in [0, 0.1) is 10.8 Å². The molecule has 0 saturated carbocycles. The number of methoxy groups -OCH3 is 2. The highest BCUT2D eigenvalue weighted by atomic mass is 16.5. The van der Waals surface area contributed by atoms with E-state index in [0.717, 1.165) is 11.5 Å². The molecule has 0 heterocycles. The topological polar surface area (TPSA) is 18.5 Å². The molecule has 0 amide bonds. The number of rotatable bonds is 2. The normalized spacial score (nSPS) is 11.7. The van der Waals surface area contributed by atoms with Crippen molar-refractivity contribution in [3.05, 3.63) is 17.2 Å². The van der Waals surface area contributed by atoms with Gasteiger partial charge in [-0.2, -0.15) is 0 Å². The summed E-state index contributed by atoms with van der Waals surface area (Å²) in [5, 5.41) is 0. The molecule has 0 unspecified atom stereocenters. The van der Waals surface area contributed by atoms with Gasteiger partial charge in [0.2, 0.25) is 0 Å². The second-order valence-electron chi connectivity index (χ2n) is 5.69. The zero-order chi connectivity index (χ0) is 12.3.